The molecule has 1 aliphatic rings. The molecule has 0 bridgehead atoms. The lowest BCUT2D eigenvalue weighted by molar-refractivity contribution is -0.141. The number of carbonyl (C=O) groups is 1. The summed E-state index contributed by atoms with van der Waals surface area (Å²) in [4.78, 5) is 14.5. The quantitative estimate of drug-likeness (QED) is 0.614. The Morgan fingerprint density at radius 3 is 2.57 bits per heavy atom. The number of halogens is 5. The number of alkyl halides is 3. The first-order chi connectivity index (χ1) is 13.0. The molecule has 0 aliphatic carbocycles. The Morgan fingerprint density at radius 1 is 1.29 bits per heavy atom. The summed E-state index contributed by atoms with van der Waals surface area (Å²) >= 11 is 5.26. The van der Waals surface area contributed by atoms with Crippen LogP contribution in [0.3, 0.4) is 0 Å². The number of hydrogen-bond acceptors (Lipinski definition) is 3. The minimum atomic E-state index is -4.64. The molecule has 1 amide bonds. The van der Waals surface area contributed by atoms with E-state index in [0.717, 1.165) is 16.8 Å². The maximum atomic E-state index is 13.9. The third-order valence-electron chi connectivity index (χ3n) is 4.59. The molecule has 0 unspecified atom stereocenters. The number of rotatable bonds is 3. The summed E-state index contributed by atoms with van der Waals surface area (Å²) < 4.78 is 67.2. The first-order valence-corrected chi connectivity index (χ1v) is 8.52. The fourth-order valence-corrected chi connectivity index (χ4v) is 3.58. The zero-order chi connectivity index (χ0) is 20.8. The highest BCUT2D eigenvalue weighted by Gasteiger charge is 2.44. The van der Waals surface area contributed by atoms with Gasteiger partial charge < -0.3 is 10.2 Å². The largest absolute Gasteiger partial charge is 0.435 e. The number of anilines is 1. The summed E-state index contributed by atoms with van der Waals surface area (Å²) in [5.74, 6) is -4.88. The number of likely N-dealkylation sites (N-methyl/N-ethyl adjacent to an activating group) is 1. The van der Waals surface area contributed by atoms with E-state index < -0.39 is 41.2 Å². The van der Waals surface area contributed by atoms with E-state index in [2.05, 4.69) is 10.4 Å². The van der Waals surface area contributed by atoms with Gasteiger partial charge in [0.2, 0.25) is 5.91 Å². The second-order valence-corrected chi connectivity index (χ2v) is 6.89. The zero-order valence-corrected chi connectivity index (χ0v) is 15.5. The minimum Gasteiger partial charge on any atom is -0.368 e. The number of aromatic nitrogens is 2. The van der Waals surface area contributed by atoms with E-state index in [4.69, 9.17) is 12.2 Å². The molecule has 11 heteroatoms. The molecule has 0 saturated carbocycles. The van der Waals surface area contributed by atoms with Crippen LogP contribution in [0.1, 0.15) is 17.3 Å². The van der Waals surface area contributed by atoms with Crippen molar-refractivity contribution >= 4 is 28.8 Å². The molecule has 1 saturated heterocycles. The van der Waals surface area contributed by atoms with Crippen LogP contribution < -0.4 is 5.32 Å². The molecule has 1 aromatic heterocycles. The average Bonchev–Trinajstić information content (AvgIpc) is 3.12. The van der Waals surface area contributed by atoms with Gasteiger partial charge in [-0.3, -0.25) is 9.48 Å². The van der Waals surface area contributed by atoms with Crippen LogP contribution >= 0.6 is 12.2 Å². The van der Waals surface area contributed by atoms with Crippen LogP contribution in [0.25, 0.3) is 0 Å². The van der Waals surface area contributed by atoms with Gasteiger partial charge in [0.05, 0.1) is 16.6 Å². The molecule has 150 valence electrons. The molecule has 1 aromatic carbocycles. The highest BCUT2D eigenvalue weighted by molar-refractivity contribution is 7.80. The van der Waals surface area contributed by atoms with Crippen LogP contribution in [0.2, 0.25) is 0 Å². The maximum Gasteiger partial charge on any atom is 0.435 e. The van der Waals surface area contributed by atoms with Gasteiger partial charge in [0.25, 0.3) is 0 Å². The summed E-state index contributed by atoms with van der Waals surface area (Å²) in [6.07, 6.45) is -4.64. The summed E-state index contributed by atoms with van der Waals surface area (Å²) in [5.41, 5.74) is -1.29. The third-order valence-corrected chi connectivity index (χ3v) is 5.16. The van der Waals surface area contributed by atoms with E-state index in [1.165, 1.54) is 19.2 Å². The summed E-state index contributed by atoms with van der Waals surface area (Å²) in [7, 11) is 2.94. The summed E-state index contributed by atoms with van der Waals surface area (Å²) in [6, 6.07) is 4.17. The number of carbonyl (C=O) groups excluding carboxylic acids is 1. The molecule has 0 spiro atoms. The van der Waals surface area contributed by atoms with Crippen molar-refractivity contribution < 1.29 is 26.7 Å². The highest BCUT2D eigenvalue weighted by Crippen LogP contribution is 2.37. The highest BCUT2D eigenvalue weighted by atomic mass is 32.1. The van der Waals surface area contributed by atoms with E-state index in [9.17, 15) is 26.7 Å². The first kappa shape index (κ1) is 20.2. The molecule has 1 aliphatic heterocycles. The van der Waals surface area contributed by atoms with Crippen LogP contribution in [-0.2, 0) is 18.0 Å². The number of hydrogen-bond donors (Lipinski definition) is 1. The Balaban J connectivity index is 1.94. The summed E-state index contributed by atoms with van der Waals surface area (Å²) in [5, 5.41) is 5.75. The van der Waals surface area contributed by atoms with Crippen LogP contribution in [0.5, 0.6) is 0 Å². The topological polar surface area (TPSA) is 50.2 Å². The standard InChI is InChI=1S/C17H15F5N4OS/c1-25-7-8(11-6-12(17(20,21)22)24-26(11)2)13(16(25)28)15(27)23-10-5-3-4-9(18)14(10)19/h3-6,8,13H,7H2,1-2H3,(H,23,27)/t8-,13+/m1/s1. The fraction of sp³-hybridized carbons (Fsp3) is 0.353. The van der Waals surface area contributed by atoms with Gasteiger partial charge in [0.1, 0.15) is 0 Å². The Labute approximate surface area is 162 Å². The van der Waals surface area contributed by atoms with Crippen molar-refractivity contribution in [3.8, 4) is 0 Å². The van der Waals surface area contributed by atoms with Gasteiger partial charge in [-0.1, -0.05) is 18.3 Å². The van der Waals surface area contributed by atoms with Gasteiger partial charge in [-0.05, 0) is 18.2 Å². The second kappa shape index (κ2) is 7.12. The molecular weight excluding hydrogens is 403 g/mol. The Bertz CT molecular complexity index is 942. The van der Waals surface area contributed by atoms with Gasteiger partial charge in [0.15, 0.2) is 17.3 Å². The minimum absolute atomic E-state index is 0.166. The van der Waals surface area contributed by atoms with Crippen molar-refractivity contribution in [3.63, 3.8) is 0 Å². The average molecular weight is 418 g/mol. The van der Waals surface area contributed by atoms with E-state index in [-0.39, 0.29) is 22.9 Å². The molecule has 1 N–H and O–H groups in total. The number of aryl methyl sites for hydroxylation is 1. The van der Waals surface area contributed by atoms with Crippen molar-refractivity contribution in [3.05, 3.63) is 47.3 Å². The first-order valence-electron chi connectivity index (χ1n) is 8.11. The molecule has 0 radical (unpaired) electrons. The van der Waals surface area contributed by atoms with Crippen LogP contribution in [0, 0.1) is 17.6 Å². The number of benzene rings is 1. The number of nitrogens with one attached hydrogen (secondary N) is 1. The lowest BCUT2D eigenvalue weighted by Gasteiger charge is -2.18. The Hall–Kier alpha value is -2.56. The van der Waals surface area contributed by atoms with Crippen LogP contribution in [0.15, 0.2) is 24.3 Å². The molecule has 3 rings (SSSR count). The van der Waals surface area contributed by atoms with Gasteiger partial charge in [-0.2, -0.15) is 18.3 Å². The second-order valence-electron chi connectivity index (χ2n) is 6.47. The number of likely N-dealkylation sites (tertiary alicyclic amines) is 1. The van der Waals surface area contributed by atoms with Crippen molar-refractivity contribution in [1.29, 1.82) is 0 Å². The van der Waals surface area contributed by atoms with Crippen molar-refractivity contribution in [2.75, 3.05) is 18.9 Å². The van der Waals surface area contributed by atoms with Crippen molar-refractivity contribution in [2.24, 2.45) is 13.0 Å². The smallest absolute Gasteiger partial charge is 0.368 e. The Morgan fingerprint density at radius 2 is 1.96 bits per heavy atom. The fourth-order valence-electron chi connectivity index (χ4n) is 3.24. The molecule has 1 fully saturated rings. The lowest BCUT2D eigenvalue weighted by Crippen LogP contribution is -2.32. The maximum absolute atomic E-state index is 13.9. The van der Waals surface area contributed by atoms with Gasteiger partial charge in [0, 0.05) is 32.3 Å². The summed E-state index contributed by atoms with van der Waals surface area (Å²) in [6.45, 7) is 0.180. The normalized spacial score (nSPS) is 20.0. The molecule has 2 atom stereocenters. The number of amides is 1. The molecule has 2 aromatic rings. The predicted molar refractivity (Wildman–Crippen MR) is 94.7 cm³/mol. The molecule has 5 nitrogen and oxygen atoms in total. The van der Waals surface area contributed by atoms with Gasteiger partial charge in [-0.15, -0.1) is 0 Å². The lowest BCUT2D eigenvalue weighted by atomic mass is 9.91. The SMILES string of the molecule is CN1C[C@H](c2cc(C(F)(F)F)nn2C)[C@@H](C(=O)Nc2cccc(F)c2F)C1=S. The number of nitrogens with zero attached hydrogens (tertiary/aromatic N) is 3. The van der Waals surface area contributed by atoms with E-state index in [1.54, 1.807) is 11.9 Å². The van der Waals surface area contributed by atoms with Crippen LogP contribution in [0.4, 0.5) is 27.6 Å². The monoisotopic (exact) mass is 418 g/mol. The van der Waals surface area contributed by atoms with Gasteiger partial charge >= 0.3 is 6.18 Å². The van der Waals surface area contributed by atoms with Crippen molar-refractivity contribution in [1.82, 2.24) is 14.7 Å². The van der Waals surface area contributed by atoms with Crippen LogP contribution in [-0.4, -0.2) is 39.2 Å². The Kier molecular flexibility index (Phi) is 5.13. The molecule has 28 heavy (non-hydrogen) atoms. The number of thiocarbonyl (C=S) groups is 1. The predicted octanol–water partition coefficient (Wildman–Crippen LogP) is 3.33. The molecule has 2 heterocycles. The molecular formula is C17H15F5N4OS. The third kappa shape index (κ3) is 3.58. The van der Waals surface area contributed by atoms with E-state index in [0.29, 0.717) is 0 Å². The van der Waals surface area contributed by atoms with E-state index >= 15 is 0 Å². The zero-order valence-electron chi connectivity index (χ0n) is 14.7. The van der Waals surface area contributed by atoms with Crippen molar-refractivity contribution in [2.45, 2.75) is 12.1 Å². The van der Waals surface area contributed by atoms with E-state index in [1.807, 2.05) is 0 Å². The van der Waals surface area contributed by atoms with Gasteiger partial charge in [-0.25, -0.2) is 8.78 Å².